The SMILES string of the molecule is C=C(c1cc2c(cc1C)OCC1=NN(COCC[Si](C)(C)C)C(=O)C(C)N12)C1(C)CN(C(=O)OC(C)(C)C)C1. The van der Waals surface area contributed by atoms with E-state index in [0.717, 1.165) is 34.2 Å². The molecule has 0 aromatic heterocycles. The molecule has 1 aromatic rings. The third kappa shape index (κ3) is 6.16. The third-order valence-corrected chi connectivity index (χ3v) is 9.13. The fourth-order valence-electron chi connectivity index (χ4n) is 5.06. The van der Waals surface area contributed by atoms with Gasteiger partial charge in [-0.1, -0.05) is 33.1 Å². The largest absolute Gasteiger partial charge is 0.483 e. The highest BCUT2D eigenvalue weighted by molar-refractivity contribution is 6.76. The molecule has 0 spiro atoms. The Kier molecular flexibility index (Phi) is 7.68. The second kappa shape index (κ2) is 10.3. The van der Waals surface area contributed by atoms with Crippen molar-refractivity contribution in [1.29, 1.82) is 0 Å². The number of hydrazone groups is 1. The molecule has 0 aliphatic carbocycles. The minimum Gasteiger partial charge on any atom is -0.483 e. The van der Waals surface area contributed by atoms with Crippen LogP contribution in [0.2, 0.25) is 25.7 Å². The molecule has 1 aromatic carbocycles. The van der Waals surface area contributed by atoms with E-state index >= 15 is 0 Å². The molecule has 9 nitrogen and oxygen atoms in total. The van der Waals surface area contributed by atoms with Crippen LogP contribution in [-0.4, -0.2) is 80.5 Å². The molecule has 0 N–H and O–H groups in total. The molecule has 3 heterocycles. The van der Waals surface area contributed by atoms with Crippen molar-refractivity contribution in [3.05, 3.63) is 29.8 Å². The highest BCUT2D eigenvalue weighted by Crippen LogP contribution is 2.46. The standard InChI is InChI=1S/C29H44N4O5Si/c1-19-13-24-23(14-22(19)20(2)29(7)16-31(17-29)27(35)38-28(4,5)6)33-21(3)26(34)32(30-25(33)15-37-24)18-36-11-12-39(8,9)10/h13-14,21H,2,11-12,15-18H2,1,3-10H3. The lowest BCUT2D eigenvalue weighted by molar-refractivity contribution is -0.138. The van der Waals surface area contributed by atoms with Crippen molar-refractivity contribution in [1.82, 2.24) is 9.91 Å². The van der Waals surface area contributed by atoms with E-state index in [4.69, 9.17) is 14.2 Å². The molecule has 4 rings (SSSR count). The van der Waals surface area contributed by atoms with Gasteiger partial charge in [-0.25, -0.2) is 9.80 Å². The molecule has 214 valence electrons. The summed E-state index contributed by atoms with van der Waals surface area (Å²) in [6, 6.07) is 4.63. The highest BCUT2D eigenvalue weighted by Gasteiger charge is 2.46. The van der Waals surface area contributed by atoms with E-state index in [0.29, 0.717) is 25.5 Å². The van der Waals surface area contributed by atoms with Crippen molar-refractivity contribution >= 4 is 37.2 Å². The number of rotatable bonds is 7. The Balaban J connectivity index is 1.52. The van der Waals surface area contributed by atoms with E-state index in [1.165, 1.54) is 5.01 Å². The number of amidine groups is 1. The number of anilines is 1. The Morgan fingerprint density at radius 3 is 2.54 bits per heavy atom. The molecule has 0 bridgehead atoms. The van der Waals surface area contributed by atoms with Crippen LogP contribution in [0.15, 0.2) is 23.8 Å². The number of carbonyl (C=O) groups excluding carboxylic acids is 2. The van der Waals surface area contributed by atoms with Crippen LogP contribution in [-0.2, 0) is 14.3 Å². The Bertz CT molecular complexity index is 1190. The number of aryl methyl sites for hydroxylation is 1. The number of hydrogen-bond acceptors (Lipinski definition) is 7. The van der Waals surface area contributed by atoms with Crippen LogP contribution >= 0.6 is 0 Å². The van der Waals surface area contributed by atoms with E-state index in [1.54, 1.807) is 4.90 Å². The van der Waals surface area contributed by atoms with Gasteiger partial charge in [0.15, 0.2) is 5.84 Å². The molecule has 39 heavy (non-hydrogen) atoms. The molecule has 1 unspecified atom stereocenters. The van der Waals surface area contributed by atoms with Crippen molar-refractivity contribution in [2.24, 2.45) is 10.5 Å². The molecular weight excluding hydrogens is 512 g/mol. The van der Waals surface area contributed by atoms with Crippen LogP contribution < -0.4 is 9.64 Å². The van der Waals surface area contributed by atoms with Crippen molar-refractivity contribution in [2.75, 3.05) is 37.9 Å². The number of carbonyl (C=O) groups is 2. The molecule has 0 saturated carbocycles. The topological polar surface area (TPSA) is 83.9 Å². The molecule has 1 saturated heterocycles. The van der Waals surface area contributed by atoms with Crippen LogP contribution in [0.25, 0.3) is 5.57 Å². The smallest absolute Gasteiger partial charge is 0.410 e. The molecule has 1 fully saturated rings. The number of ether oxygens (including phenoxy) is 3. The zero-order valence-corrected chi connectivity index (χ0v) is 26.0. The maximum absolute atomic E-state index is 13.3. The fourth-order valence-corrected chi connectivity index (χ4v) is 5.82. The summed E-state index contributed by atoms with van der Waals surface area (Å²) in [6.07, 6.45) is -0.307. The van der Waals surface area contributed by atoms with E-state index in [9.17, 15) is 9.59 Å². The lowest BCUT2D eigenvalue weighted by Gasteiger charge is -2.49. The highest BCUT2D eigenvalue weighted by atomic mass is 28.3. The van der Waals surface area contributed by atoms with Gasteiger partial charge in [-0.3, -0.25) is 4.79 Å². The molecule has 10 heteroatoms. The Labute approximate surface area is 233 Å². The van der Waals surface area contributed by atoms with E-state index in [-0.39, 0.29) is 30.8 Å². The lowest BCUT2D eigenvalue weighted by atomic mass is 9.72. The summed E-state index contributed by atoms with van der Waals surface area (Å²) < 4.78 is 17.4. The fraction of sp³-hybridized carbons (Fsp3) is 0.621. The van der Waals surface area contributed by atoms with E-state index in [1.807, 2.05) is 51.7 Å². The summed E-state index contributed by atoms with van der Waals surface area (Å²) in [5, 5.41) is 6.03. The maximum atomic E-state index is 13.3. The average molecular weight is 557 g/mol. The number of fused-ring (bicyclic) bond motifs is 3. The molecule has 0 radical (unpaired) electrons. The van der Waals surface area contributed by atoms with Gasteiger partial charge >= 0.3 is 6.09 Å². The first-order valence-electron chi connectivity index (χ1n) is 13.7. The van der Waals surface area contributed by atoms with Gasteiger partial charge in [0, 0.05) is 33.2 Å². The number of hydrogen-bond donors (Lipinski definition) is 0. The van der Waals surface area contributed by atoms with Crippen LogP contribution in [0.4, 0.5) is 10.5 Å². The molecule has 1 atom stereocenters. The average Bonchev–Trinajstić information content (AvgIpc) is 2.79. The first-order valence-corrected chi connectivity index (χ1v) is 17.4. The minimum absolute atomic E-state index is 0.112. The minimum atomic E-state index is -1.22. The Hall–Kier alpha value is -2.85. The van der Waals surface area contributed by atoms with Gasteiger partial charge in [0.1, 0.15) is 30.7 Å². The van der Waals surface area contributed by atoms with Crippen LogP contribution in [0, 0.1) is 12.3 Å². The zero-order valence-electron chi connectivity index (χ0n) is 25.0. The van der Waals surface area contributed by atoms with Gasteiger partial charge < -0.3 is 24.0 Å². The van der Waals surface area contributed by atoms with Gasteiger partial charge in [-0.05, 0) is 69.5 Å². The quantitative estimate of drug-likeness (QED) is 0.334. The Morgan fingerprint density at radius 1 is 1.26 bits per heavy atom. The van der Waals surface area contributed by atoms with Crippen LogP contribution in [0.3, 0.4) is 0 Å². The van der Waals surface area contributed by atoms with Crippen molar-refractivity contribution in [3.8, 4) is 5.75 Å². The van der Waals surface area contributed by atoms with Gasteiger partial charge in [0.05, 0.1) is 5.69 Å². The molecule has 2 amide bonds. The van der Waals surface area contributed by atoms with Gasteiger partial charge in [0.25, 0.3) is 5.91 Å². The number of nitrogens with zero attached hydrogens (tertiary/aromatic N) is 4. The zero-order chi connectivity index (χ0) is 28.9. The second-order valence-electron chi connectivity index (χ2n) is 13.4. The summed E-state index contributed by atoms with van der Waals surface area (Å²) in [5.74, 6) is 1.28. The van der Waals surface area contributed by atoms with Crippen molar-refractivity contribution in [2.45, 2.75) is 78.9 Å². The summed E-state index contributed by atoms with van der Waals surface area (Å²) in [7, 11) is -1.22. The normalized spacial score (nSPS) is 20.4. The van der Waals surface area contributed by atoms with E-state index in [2.05, 4.69) is 38.2 Å². The first-order chi connectivity index (χ1) is 18.0. The maximum Gasteiger partial charge on any atom is 0.410 e. The number of likely N-dealkylation sites (tertiary alicyclic amines) is 1. The Morgan fingerprint density at radius 2 is 1.92 bits per heavy atom. The van der Waals surface area contributed by atoms with Crippen LogP contribution in [0.5, 0.6) is 5.75 Å². The second-order valence-corrected chi connectivity index (χ2v) is 19.1. The predicted molar refractivity (Wildman–Crippen MR) is 157 cm³/mol. The lowest BCUT2D eigenvalue weighted by Crippen LogP contribution is -2.58. The summed E-state index contributed by atoms with van der Waals surface area (Å²) >= 11 is 0. The van der Waals surface area contributed by atoms with Gasteiger partial charge in [-0.2, -0.15) is 5.10 Å². The first kappa shape index (κ1) is 29.1. The van der Waals surface area contributed by atoms with Crippen LogP contribution in [0.1, 0.15) is 45.7 Å². The number of benzene rings is 1. The van der Waals surface area contributed by atoms with Gasteiger partial charge in [-0.15, -0.1) is 0 Å². The van der Waals surface area contributed by atoms with E-state index < -0.39 is 19.7 Å². The van der Waals surface area contributed by atoms with Crippen molar-refractivity contribution in [3.63, 3.8) is 0 Å². The summed E-state index contributed by atoms with van der Waals surface area (Å²) in [4.78, 5) is 29.5. The van der Waals surface area contributed by atoms with Crippen molar-refractivity contribution < 1.29 is 23.8 Å². The predicted octanol–water partition coefficient (Wildman–Crippen LogP) is 5.32. The third-order valence-electron chi connectivity index (χ3n) is 7.43. The molecule has 3 aliphatic rings. The number of amides is 2. The van der Waals surface area contributed by atoms with Gasteiger partial charge in [0.2, 0.25) is 0 Å². The summed E-state index contributed by atoms with van der Waals surface area (Å²) in [5.41, 5.74) is 2.95. The monoisotopic (exact) mass is 556 g/mol. The molecular formula is C29H44N4O5Si. The molecule has 3 aliphatic heterocycles. The summed E-state index contributed by atoms with van der Waals surface area (Å²) in [6.45, 7) is 25.1.